The quantitative estimate of drug-likeness (QED) is 0.715. The number of aromatic nitrogens is 6. The van der Waals surface area contributed by atoms with E-state index < -0.39 is 0 Å². The normalized spacial score (nSPS) is 16.0. The van der Waals surface area contributed by atoms with E-state index in [9.17, 15) is 4.79 Å². The van der Waals surface area contributed by atoms with E-state index in [0.29, 0.717) is 28.5 Å². The molecule has 1 saturated carbocycles. The van der Waals surface area contributed by atoms with Crippen LogP contribution in [0, 0.1) is 0 Å². The molecule has 3 aromatic heterocycles. The molecule has 1 aliphatic carbocycles. The number of hydrogen-bond acceptors (Lipinski definition) is 5. The average Bonchev–Trinajstić information content (AvgIpc) is 3.12. The monoisotopic (exact) mass is 339 g/mol. The highest BCUT2D eigenvalue weighted by Gasteiger charge is 2.18. The van der Waals surface area contributed by atoms with Gasteiger partial charge in [0, 0.05) is 30.9 Å². The molecule has 2 N–H and O–H groups in total. The Hall–Kier alpha value is -2.77. The second-order valence-electron chi connectivity index (χ2n) is 6.63. The third-order valence-electron chi connectivity index (χ3n) is 4.84. The van der Waals surface area contributed by atoms with Crippen molar-refractivity contribution < 1.29 is 4.79 Å². The number of carbonyl (C=O) groups excluding carboxylic acids is 1. The number of fused-ring (bicyclic) bond motifs is 1. The molecule has 0 aromatic carbocycles. The lowest BCUT2D eigenvalue weighted by molar-refractivity contribution is 0.102. The van der Waals surface area contributed by atoms with Crippen molar-refractivity contribution in [3.8, 4) is 0 Å². The summed E-state index contributed by atoms with van der Waals surface area (Å²) in [5.41, 5.74) is 2.79. The maximum absolute atomic E-state index is 12.4. The van der Waals surface area contributed by atoms with Gasteiger partial charge in [-0.1, -0.05) is 30.9 Å². The molecule has 1 fully saturated rings. The number of hydrogen-bond donors (Lipinski definition) is 2. The summed E-state index contributed by atoms with van der Waals surface area (Å²) in [4.78, 5) is 16.7. The SMILES string of the molecule is Cn1nnc2cc(C(=O)Nc3cc(C4CCCCCC4)[nH]n3)cnc21. The van der Waals surface area contributed by atoms with Gasteiger partial charge in [0.25, 0.3) is 5.91 Å². The van der Waals surface area contributed by atoms with Crippen LogP contribution in [0.3, 0.4) is 0 Å². The van der Waals surface area contributed by atoms with Crippen molar-refractivity contribution in [2.45, 2.75) is 44.4 Å². The summed E-state index contributed by atoms with van der Waals surface area (Å²) >= 11 is 0. The van der Waals surface area contributed by atoms with Crippen LogP contribution in [-0.2, 0) is 7.05 Å². The fourth-order valence-corrected chi connectivity index (χ4v) is 3.44. The minimum atomic E-state index is -0.251. The number of H-pyrrole nitrogens is 1. The maximum atomic E-state index is 12.4. The third-order valence-corrected chi connectivity index (χ3v) is 4.84. The van der Waals surface area contributed by atoms with E-state index in [1.54, 1.807) is 17.8 Å². The summed E-state index contributed by atoms with van der Waals surface area (Å²) in [5, 5.41) is 18.0. The predicted octanol–water partition coefficient (Wildman–Crippen LogP) is 2.78. The first-order valence-corrected chi connectivity index (χ1v) is 8.73. The first-order chi connectivity index (χ1) is 12.2. The number of carbonyl (C=O) groups is 1. The second-order valence-corrected chi connectivity index (χ2v) is 6.63. The fourth-order valence-electron chi connectivity index (χ4n) is 3.44. The lowest BCUT2D eigenvalue weighted by Crippen LogP contribution is -2.12. The zero-order chi connectivity index (χ0) is 17.2. The van der Waals surface area contributed by atoms with Crippen LogP contribution in [0.2, 0.25) is 0 Å². The number of nitrogens with one attached hydrogen (secondary N) is 2. The van der Waals surface area contributed by atoms with Crippen LogP contribution in [0.1, 0.15) is 60.5 Å². The molecule has 8 nitrogen and oxygen atoms in total. The molecule has 3 aromatic rings. The van der Waals surface area contributed by atoms with Crippen LogP contribution in [-0.4, -0.2) is 36.1 Å². The van der Waals surface area contributed by atoms with Gasteiger partial charge in [-0.2, -0.15) is 5.10 Å². The Kier molecular flexibility index (Phi) is 4.17. The van der Waals surface area contributed by atoms with Crippen LogP contribution >= 0.6 is 0 Å². The van der Waals surface area contributed by atoms with Gasteiger partial charge in [-0.05, 0) is 18.9 Å². The van der Waals surface area contributed by atoms with Crippen LogP contribution in [0.4, 0.5) is 5.82 Å². The van der Waals surface area contributed by atoms with Gasteiger partial charge >= 0.3 is 0 Å². The van der Waals surface area contributed by atoms with Crippen molar-refractivity contribution in [2.75, 3.05) is 5.32 Å². The van der Waals surface area contributed by atoms with E-state index in [2.05, 4.69) is 30.8 Å². The highest BCUT2D eigenvalue weighted by molar-refractivity contribution is 6.04. The number of rotatable bonds is 3. The van der Waals surface area contributed by atoms with Crippen molar-refractivity contribution in [3.05, 3.63) is 29.6 Å². The van der Waals surface area contributed by atoms with E-state index in [4.69, 9.17) is 0 Å². The zero-order valence-corrected chi connectivity index (χ0v) is 14.2. The van der Waals surface area contributed by atoms with Crippen molar-refractivity contribution in [2.24, 2.45) is 7.05 Å². The van der Waals surface area contributed by atoms with Crippen molar-refractivity contribution in [1.82, 2.24) is 30.2 Å². The third kappa shape index (κ3) is 3.24. The van der Waals surface area contributed by atoms with Gasteiger partial charge in [0.1, 0.15) is 5.52 Å². The molecule has 4 rings (SSSR count). The molecule has 0 spiro atoms. The molecule has 1 amide bonds. The average molecular weight is 339 g/mol. The number of aryl methyl sites for hydroxylation is 1. The van der Waals surface area contributed by atoms with Gasteiger partial charge in [0.2, 0.25) is 0 Å². The van der Waals surface area contributed by atoms with E-state index in [-0.39, 0.29) is 5.91 Å². The molecule has 0 saturated heterocycles. The number of nitrogens with zero attached hydrogens (tertiary/aromatic N) is 5. The molecular weight excluding hydrogens is 318 g/mol. The fraction of sp³-hybridized carbons (Fsp3) is 0.471. The summed E-state index contributed by atoms with van der Waals surface area (Å²) in [7, 11) is 1.76. The summed E-state index contributed by atoms with van der Waals surface area (Å²) in [5.74, 6) is 0.806. The van der Waals surface area contributed by atoms with Gasteiger partial charge in [0.15, 0.2) is 11.5 Å². The highest BCUT2D eigenvalue weighted by atomic mass is 16.1. The van der Waals surface area contributed by atoms with E-state index in [0.717, 1.165) is 5.69 Å². The van der Waals surface area contributed by atoms with Crippen LogP contribution < -0.4 is 5.32 Å². The number of anilines is 1. The smallest absolute Gasteiger partial charge is 0.258 e. The molecule has 0 atom stereocenters. The van der Waals surface area contributed by atoms with E-state index in [1.807, 2.05) is 6.07 Å². The maximum Gasteiger partial charge on any atom is 0.258 e. The second kappa shape index (κ2) is 6.62. The Balaban J connectivity index is 1.48. The Morgan fingerprint density at radius 1 is 1.24 bits per heavy atom. The van der Waals surface area contributed by atoms with Crippen LogP contribution in [0.25, 0.3) is 11.2 Å². The Morgan fingerprint density at radius 3 is 2.84 bits per heavy atom. The van der Waals surface area contributed by atoms with Gasteiger partial charge in [-0.3, -0.25) is 9.89 Å². The molecule has 130 valence electrons. The first-order valence-electron chi connectivity index (χ1n) is 8.73. The van der Waals surface area contributed by atoms with E-state index >= 15 is 0 Å². The molecule has 25 heavy (non-hydrogen) atoms. The lowest BCUT2D eigenvalue weighted by Gasteiger charge is -2.10. The highest BCUT2D eigenvalue weighted by Crippen LogP contribution is 2.31. The van der Waals surface area contributed by atoms with Gasteiger partial charge in [-0.15, -0.1) is 5.10 Å². The Bertz CT molecular complexity index is 889. The molecule has 1 aliphatic rings. The molecule has 8 heteroatoms. The van der Waals surface area contributed by atoms with Crippen LogP contribution in [0.15, 0.2) is 18.3 Å². The molecule has 0 radical (unpaired) electrons. The van der Waals surface area contributed by atoms with Crippen molar-refractivity contribution >= 4 is 22.9 Å². The Morgan fingerprint density at radius 2 is 2.04 bits per heavy atom. The summed E-state index contributed by atoms with van der Waals surface area (Å²) < 4.78 is 1.57. The Labute approximate surface area is 145 Å². The van der Waals surface area contributed by atoms with Crippen molar-refractivity contribution in [3.63, 3.8) is 0 Å². The van der Waals surface area contributed by atoms with Crippen LogP contribution in [0.5, 0.6) is 0 Å². The summed E-state index contributed by atoms with van der Waals surface area (Å²) in [6, 6.07) is 3.63. The molecule has 0 aliphatic heterocycles. The molecule has 0 unspecified atom stereocenters. The standard InChI is InChI=1S/C17H21N7O/c1-24-16-14(21-23-24)8-12(10-18-16)17(25)19-15-9-13(20-22-15)11-6-4-2-3-5-7-11/h8-11H,2-7H2,1H3,(H2,19,20,22,25). The minimum absolute atomic E-state index is 0.251. The topological polar surface area (TPSA) is 101 Å². The van der Waals surface area contributed by atoms with Gasteiger partial charge in [0.05, 0.1) is 5.56 Å². The summed E-state index contributed by atoms with van der Waals surface area (Å²) in [6.45, 7) is 0. The van der Waals surface area contributed by atoms with Crippen molar-refractivity contribution in [1.29, 1.82) is 0 Å². The van der Waals surface area contributed by atoms with Gasteiger partial charge < -0.3 is 5.32 Å². The zero-order valence-electron chi connectivity index (χ0n) is 14.2. The number of pyridine rings is 1. The minimum Gasteiger partial charge on any atom is -0.305 e. The molecule has 3 heterocycles. The van der Waals surface area contributed by atoms with E-state index in [1.165, 1.54) is 44.7 Å². The largest absolute Gasteiger partial charge is 0.305 e. The van der Waals surface area contributed by atoms with Gasteiger partial charge in [-0.25, -0.2) is 9.67 Å². The molecule has 0 bridgehead atoms. The molecular formula is C17H21N7O. The lowest BCUT2D eigenvalue weighted by atomic mass is 9.97. The number of aromatic amines is 1. The summed E-state index contributed by atoms with van der Waals surface area (Å²) in [6.07, 6.45) is 9.04. The predicted molar refractivity (Wildman–Crippen MR) is 93.3 cm³/mol. The number of amides is 1. The first kappa shape index (κ1) is 15.7.